The van der Waals surface area contributed by atoms with Crippen LogP contribution in [-0.4, -0.2) is 5.97 Å². The summed E-state index contributed by atoms with van der Waals surface area (Å²) in [6.07, 6.45) is 1.00. The molecule has 0 aliphatic heterocycles. The molecule has 0 spiro atoms. The average Bonchev–Trinajstić information content (AvgIpc) is 2.68. The number of para-hydroxylation sites is 1. The van der Waals surface area contributed by atoms with E-state index < -0.39 is 0 Å². The Labute approximate surface area is 149 Å². The first kappa shape index (κ1) is 17.0. The molecule has 0 amide bonds. The third-order valence-electron chi connectivity index (χ3n) is 4.49. The Morgan fingerprint density at radius 3 is 2.12 bits per heavy atom. The maximum atomic E-state index is 12.5. The molecule has 126 valence electrons. The molecule has 1 unspecified atom stereocenters. The molecule has 0 aliphatic rings. The molecule has 0 N–H and O–H groups in total. The van der Waals surface area contributed by atoms with E-state index in [1.807, 2.05) is 66.7 Å². The summed E-state index contributed by atoms with van der Waals surface area (Å²) in [6, 6.07) is 25.4. The predicted molar refractivity (Wildman–Crippen MR) is 102 cm³/mol. The van der Waals surface area contributed by atoms with E-state index in [2.05, 4.69) is 26.0 Å². The molecule has 0 saturated heterocycles. The molecule has 0 aliphatic carbocycles. The lowest BCUT2D eigenvalue weighted by Crippen LogP contribution is -2.10. The fourth-order valence-corrected chi connectivity index (χ4v) is 2.79. The zero-order valence-corrected chi connectivity index (χ0v) is 14.6. The van der Waals surface area contributed by atoms with Gasteiger partial charge in [-0.2, -0.15) is 0 Å². The van der Waals surface area contributed by atoms with Gasteiger partial charge in [0.2, 0.25) is 0 Å². The van der Waals surface area contributed by atoms with Crippen LogP contribution in [0.2, 0.25) is 0 Å². The second-order valence-electron chi connectivity index (χ2n) is 6.18. The van der Waals surface area contributed by atoms with Crippen molar-refractivity contribution in [2.45, 2.75) is 26.2 Å². The van der Waals surface area contributed by atoms with E-state index in [1.165, 1.54) is 0 Å². The Hall–Kier alpha value is -2.87. The fraction of sp³-hybridized carbons (Fsp3) is 0.174. The van der Waals surface area contributed by atoms with Crippen molar-refractivity contribution in [1.29, 1.82) is 0 Å². The maximum absolute atomic E-state index is 12.5. The van der Waals surface area contributed by atoms with Gasteiger partial charge in [-0.05, 0) is 47.2 Å². The Balaban J connectivity index is 1.78. The molecule has 0 radical (unpaired) electrons. The minimum Gasteiger partial charge on any atom is -0.423 e. The molecular weight excluding hydrogens is 308 g/mol. The highest BCUT2D eigenvalue weighted by atomic mass is 16.5. The number of hydrogen-bond acceptors (Lipinski definition) is 2. The van der Waals surface area contributed by atoms with Gasteiger partial charge in [-0.3, -0.25) is 0 Å². The second-order valence-corrected chi connectivity index (χ2v) is 6.18. The van der Waals surface area contributed by atoms with Crippen LogP contribution in [0.3, 0.4) is 0 Å². The molecule has 0 fully saturated rings. The molecule has 3 rings (SSSR count). The molecule has 0 aromatic heterocycles. The van der Waals surface area contributed by atoms with Gasteiger partial charge < -0.3 is 4.74 Å². The van der Waals surface area contributed by atoms with Crippen LogP contribution in [0.25, 0.3) is 11.1 Å². The zero-order chi connectivity index (χ0) is 17.6. The smallest absolute Gasteiger partial charge is 0.343 e. The first-order chi connectivity index (χ1) is 12.2. The van der Waals surface area contributed by atoms with Crippen LogP contribution < -0.4 is 4.74 Å². The van der Waals surface area contributed by atoms with E-state index >= 15 is 0 Å². The van der Waals surface area contributed by atoms with Crippen molar-refractivity contribution in [3.8, 4) is 16.9 Å². The first-order valence-corrected chi connectivity index (χ1v) is 8.65. The SMILES string of the molecule is CCC(C)c1ccccc1OC(=O)c1ccc(-c2ccccc2)cc1. The second kappa shape index (κ2) is 7.80. The quantitative estimate of drug-likeness (QED) is 0.418. The summed E-state index contributed by atoms with van der Waals surface area (Å²) in [4.78, 5) is 12.5. The number of carbonyl (C=O) groups excluding carboxylic acids is 1. The lowest BCUT2D eigenvalue weighted by molar-refractivity contribution is 0.0732. The number of carbonyl (C=O) groups is 1. The summed E-state index contributed by atoms with van der Waals surface area (Å²) >= 11 is 0. The Morgan fingerprint density at radius 1 is 0.840 bits per heavy atom. The van der Waals surface area contributed by atoms with E-state index in [9.17, 15) is 4.79 Å². The molecule has 0 saturated carbocycles. The number of rotatable bonds is 5. The Bertz CT molecular complexity index is 835. The number of benzene rings is 3. The van der Waals surface area contributed by atoms with Gasteiger partial charge in [0, 0.05) is 0 Å². The molecule has 1 atom stereocenters. The summed E-state index contributed by atoms with van der Waals surface area (Å²) in [7, 11) is 0. The predicted octanol–water partition coefficient (Wildman–Crippen LogP) is 6.09. The molecular formula is C23H22O2. The van der Waals surface area contributed by atoms with E-state index in [0.717, 1.165) is 23.1 Å². The van der Waals surface area contributed by atoms with Gasteiger partial charge in [-0.15, -0.1) is 0 Å². The highest BCUT2D eigenvalue weighted by Gasteiger charge is 2.14. The van der Waals surface area contributed by atoms with Gasteiger partial charge in [0.25, 0.3) is 0 Å². The first-order valence-electron chi connectivity index (χ1n) is 8.65. The van der Waals surface area contributed by atoms with Crippen molar-refractivity contribution in [2.24, 2.45) is 0 Å². The van der Waals surface area contributed by atoms with Gasteiger partial charge >= 0.3 is 5.97 Å². The third-order valence-corrected chi connectivity index (χ3v) is 4.49. The number of ether oxygens (including phenoxy) is 1. The van der Waals surface area contributed by atoms with Crippen LogP contribution >= 0.6 is 0 Å². The average molecular weight is 330 g/mol. The van der Waals surface area contributed by atoms with Crippen LogP contribution in [0.15, 0.2) is 78.9 Å². The van der Waals surface area contributed by atoms with Crippen molar-refractivity contribution in [3.05, 3.63) is 90.0 Å². The molecule has 25 heavy (non-hydrogen) atoms. The topological polar surface area (TPSA) is 26.3 Å². The van der Waals surface area contributed by atoms with E-state index in [4.69, 9.17) is 4.74 Å². The van der Waals surface area contributed by atoms with Crippen molar-refractivity contribution in [2.75, 3.05) is 0 Å². The minimum atomic E-state index is -0.324. The van der Waals surface area contributed by atoms with Crippen molar-refractivity contribution < 1.29 is 9.53 Å². The van der Waals surface area contributed by atoms with Crippen LogP contribution in [0.5, 0.6) is 5.75 Å². The van der Waals surface area contributed by atoms with E-state index in [0.29, 0.717) is 17.2 Å². The van der Waals surface area contributed by atoms with Gasteiger partial charge in [0.05, 0.1) is 5.56 Å². The molecule has 0 bridgehead atoms. The maximum Gasteiger partial charge on any atom is 0.343 e. The van der Waals surface area contributed by atoms with Crippen molar-refractivity contribution in [3.63, 3.8) is 0 Å². The summed E-state index contributed by atoms with van der Waals surface area (Å²) in [6.45, 7) is 4.27. The summed E-state index contributed by atoms with van der Waals surface area (Å²) in [5.74, 6) is 0.675. The van der Waals surface area contributed by atoms with Crippen LogP contribution in [0, 0.1) is 0 Å². The summed E-state index contributed by atoms with van der Waals surface area (Å²) < 4.78 is 5.66. The van der Waals surface area contributed by atoms with Gasteiger partial charge in [-0.1, -0.05) is 74.5 Å². The largest absolute Gasteiger partial charge is 0.423 e. The van der Waals surface area contributed by atoms with Crippen LogP contribution in [0.1, 0.15) is 42.1 Å². The summed E-state index contributed by atoms with van der Waals surface area (Å²) in [5.41, 5.74) is 3.83. The number of esters is 1. The fourth-order valence-electron chi connectivity index (χ4n) is 2.79. The highest BCUT2D eigenvalue weighted by molar-refractivity contribution is 5.91. The lowest BCUT2D eigenvalue weighted by atomic mass is 9.98. The standard InChI is InChI=1S/C23H22O2/c1-3-17(2)21-11-7-8-12-22(21)25-23(24)20-15-13-19(14-16-20)18-9-5-4-6-10-18/h4-17H,3H2,1-2H3. The van der Waals surface area contributed by atoms with Crippen molar-refractivity contribution >= 4 is 5.97 Å². The molecule has 3 aromatic carbocycles. The third kappa shape index (κ3) is 3.97. The molecule has 0 heterocycles. The van der Waals surface area contributed by atoms with Gasteiger partial charge in [0.15, 0.2) is 0 Å². The Morgan fingerprint density at radius 2 is 1.44 bits per heavy atom. The monoisotopic (exact) mass is 330 g/mol. The molecule has 3 aromatic rings. The van der Waals surface area contributed by atoms with Gasteiger partial charge in [0.1, 0.15) is 5.75 Å². The normalized spacial score (nSPS) is 11.8. The van der Waals surface area contributed by atoms with Crippen LogP contribution in [0.4, 0.5) is 0 Å². The van der Waals surface area contributed by atoms with Gasteiger partial charge in [-0.25, -0.2) is 4.79 Å². The zero-order valence-electron chi connectivity index (χ0n) is 14.6. The minimum absolute atomic E-state index is 0.324. The van der Waals surface area contributed by atoms with E-state index in [-0.39, 0.29) is 5.97 Å². The van der Waals surface area contributed by atoms with E-state index in [1.54, 1.807) is 0 Å². The highest BCUT2D eigenvalue weighted by Crippen LogP contribution is 2.29. The number of hydrogen-bond donors (Lipinski definition) is 0. The molecule has 2 nitrogen and oxygen atoms in total. The summed E-state index contributed by atoms with van der Waals surface area (Å²) in [5, 5.41) is 0. The lowest BCUT2D eigenvalue weighted by Gasteiger charge is -2.14. The van der Waals surface area contributed by atoms with Crippen molar-refractivity contribution in [1.82, 2.24) is 0 Å². The Kier molecular flexibility index (Phi) is 5.30. The van der Waals surface area contributed by atoms with Crippen LogP contribution in [-0.2, 0) is 0 Å². The molecule has 2 heteroatoms.